The molecule has 0 radical (unpaired) electrons. The van der Waals surface area contributed by atoms with Gasteiger partial charge in [0, 0.05) is 30.9 Å². The number of nitrogens with one attached hydrogen (secondary N) is 1. The number of benzene rings is 1. The molecule has 0 aliphatic carbocycles. The number of fused-ring (bicyclic) bond motifs is 2. The summed E-state index contributed by atoms with van der Waals surface area (Å²) in [7, 11) is 0. The molecule has 2 bridgehead atoms. The van der Waals surface area contributed by atoms with Crippen LogP contribution in [0.1, 0.15) is 6.42 Å². The highest BCUT2D eigenvalue weighted by Crippen LogP contribution is 2.30. The van der Waals surface area contributed by atoms with Crippen LogP contribution in [0.5, 0.6) is 5.75 Å². The molecule has 5 heteroatoms. The van der Waals surface area contributed by atoms with Crippen LogP contribution in [0.25, 0.3) is 0 Å². The first kappa shape index (κ1) is 10.4. The summed E-state index contributed by atoms with van der Waals surface area (Å²) in [6.07, 6.45) is 0.446. The largest absolute Gasteiger partial charge is 0.411 e. The van der Waals surface area contributed by atoms with Crippen LogP contribution in [-0.4, -0.2) is 31.3 Å². The molecule has 3 N–H and O–H groups in total. The Labute approximate surface area is 99.5 Å². The Kier molecular flexibility index (Phi) is 2.40. The maximum atomic E-state index is 10.6. The summed E-state index contributed by atoms with van der Waals surface area (Å²) >= 11 is 0. The van der Waals surface area contributed by atoms with Crippen molar-refractivity contribution in [3.63, 3.8) is 0 Å². The molecule has 90 valence electrons. The summed E-state index contributed by atoms with van der Waals surface area (Å²) in [5, 5.41) is 3.47. The van der Waals surface area contributed by atoms with Gasteiger partial charge in [0.25, 0.3) is 0 Å². The van der Waals surface area contributed by atoms with Crippen LogP contribution >= 0.6 is 0 Å². The summed E-state index contributed by atoms with van der Waals surface area (Å²) in [5.41, 5.74) is 6.13. The average Bonchev–Trinajstić information content (AvgIpc) is 2.91. The summed E-state index contributed by atoms with van der Waals surface area (Å²) < 4.78 is 4.80. The Balaban J connectivity index is 1.74. The number of hydrogen-bond donors (Lipinski definition) is 2. The van der Waals surface area contributed by atoms with Gasteiger partial charge >= 0.3 is 6.09 Å². The van der Waals surface area contributed by atoms with Crippen molar-refractivity contribution in [1.29, 1.82) is 0 Å². The molecule has 0 aromatic heterocycles. The van der Waals surface area contributed by atoms with Gasteiger partial charge in [0.15, 0.2) is 0 Å². The first-order valence-corrected chi connectivity index (χ1v) is 5.80. The van der Waals surface area contributed by atoms with E-state index in [4.69, 9.17) is 10.5 Å². The van der Waals surface area contributed by atoms with Crippen LogP contribution in [0, 0.1) is 0 Å². The predicted molar refractivity (Wildman–Crippen MR) is 64.2 cm³/mol. The molecule has 1 aromatic rings. The van der Waals surface area contributed by atoms with Crippen molar-refractivity contribution in [1.82, 2.24) is 5.32 Å². The van der Waals surface area contributed by atoms with E-state index in [0.717, 1.165) is 13.1 Å². The van der Waals surface area contributed by atoms with Crippen LogP contribution in [0.3, 0.4) is 0 Å². The van der Waals surface area contributed by atoms with Crippen LogP contribution in [0.4, 0.5) is 10.5 Å². The summed E-state index contributed by atoms with van der Waals surface area (Å²) in [5.74, 6) is 0.490. The number of primary amides is 1. The van der Waals surface area contributed by atoms with E-state index < -0.39 is 6.09 Å². The monoisotopic (exact) mass is 233 g/mol. The van der Waals surface area contributed by atoms with Gasteiger partial charge in [-0.1, -0.05) is 0 Å². The topological polar surface area (TPSA) is 67.6 Å². The molecule has 2 atom stereocenters. The van der Waals surface area contributed by atoms with Crippen LogP contribution in [0.15, 0.2) is 24.3 Å². The summed E-state index contributed by atoms with van der Waals surface area (Å²) in [6, 6.07) is 8.72. The second-order valence-electron chi connectivity index (χ2n) is 4.56. The van der Waals surface area contributed by atoms with E-state index >= 15 is 0 Å². The zero-order chi connectivity index (χ0) is 11.8. The zero-order valence-corrected chi connectivity index (χ0v) is 9.43. The molecule has 0 spiro atoms. The fourth-order valence-electron chi connectivity index (χ4n) is 2.70. The van der Waals surface area contributed by atoms with Gasteiger partial charge in [0.05, 0.1) is 0 Å². The average molecular weight is 233 g/mol. The summed E-state index contributed by atoms with van der Waals surface area (Å²) in [6.45, 7) is 2.12. The van der Waals surface area contributed by atoms with Crippen LogP contribution in [-0.2, 0) is 0 Å². The number of carbonyl (C=O) groups excluding carboxylic acids is 1. The maximum absolute atomic E-state index is 10.6. The Bertz CT molecular complexity index is 432. The minimum absolute atomic E-state index is 0.490. The molecule has 1 amide bonds. The Morgan fingerprint density at radius 2 is 2.18 bits per heavy atom. The zero-order valence-electron chi connectivity index (χ0n) is 9.43. The van der Waals surface area contributed by atoms with Crippen molar-refractivity contribution in [3.05, 3.63) is 24.3 Å². The Morgan fingerprint density at radius 3 is 2.71 bits per heavy atom. The normalized spacial score (nSPS) is 26.2. The molecule has 2 heterocycles. The van der Waals surface area contributed by atoms with Crippen molar-refractivity contribution in [2.45, 2.75) is 18.5 Å². The van der Waals surface area contributed by atoms with Crippen molar-refractivity contribution < 1.29 is 9.53 Å². The van der Waals surface area contributed by atoms with Gasteiger partial charge in [0.2, 0.25) is 0 Å². The van der Waals surface area contributed by atoms with Gasteiger partial charge in [-0.2, -0.15) is 0 Å². The maximum Gasteiger partial charge on any atom is 0.409 e. The molecule has 1 aromatic carbocycles. The minimum atomic E-state index is -0.776. The van der Waals surface area contributed by atoms with Gasteiger partial charge in [0.1, 0.15) is 5.75 Å². The van der Waals surface area contributed by atoms with Gasteiger partial charge in [-0.3, -0.25) is 0 Å². The quantitative estimate of drug-likeness (QED) is 0.789. The number of amides is 1. The number of nitrogens with two attached hydrogens (primary N) is 1. The standard InChI is InChI=1S/C12H15N3O2/c13-12(16)17-11-3-1-9(2-4-11)15-7-8-5-10(15)6-14-8/h1-4,8,10,14H,5-7H2,(H2,13,16)/t8-,10-/m0/s1. The SMILES string of the molecule is NC(=O)Oc1ccc(N2C[C@@H]3C[C@H]2CN3)cc1. The lowest BCUT2D eigenvalue weighted by atomic mass is 10.2. The molecule has 0 saturated carbocycles. The van der Waals surface area contributed by atoms with E-state index in [2.05, 4.69) is 10.2 Å². The minimum Gasteiger partial charge on any atom is -0.411 e. The third kappa shape index (κ3) is 1.93. The number of anilines is 1. The molecule has 2 aliphatic rings. The van der Waals surface area contributed by atoms with E-state index in [-0.39, 0.29) is 0 Å². The predicted octanol–water partition coefficient (Wildman–Crippen LogP) is 0.695. The highest BCUT2D eigenvalue weighted by atomic mass is 16.5. The number of piperazine rings is 1. The second kappa shape index (κ2) is 3.92. The van der Waals surface area contributed by atoms with Gasteiger partial charge in [-0.25, -0.2) is 4.79 Å². The third-order valence-corrected chi connectivity index (χ3v) is 3.44. The molecule has 17 heavy (non-hydrogen) atoms. The van der Waals surface area contributed by atoms with Crippen molar-refractivity contribution in [2.24, 2.45) is 5.73 Å². The van der Waals surface area contributed by atoms with E-state index in [9.17, 15) is 4.79 Å². The number of rotatable bonds is 2. The summed E-state index contributed by atoms with van der Waals surface area (Å²) in [4.78, 5) is 13.0. The first-order chi connectivity index (χ1) is 8.22. The number of nitrogens with zero attached hydrogens (tertiary/aromatic N) is 1. The fourth-order valence-corrected chi connectivity index (χ4v) is 2.70. The molecule has 2 fully saturated rings. The van der Waals surface area contributed by atoms with Gasteiger partial charge < -0.3 is 20.7 Å². The number of ether oxygens (including phenoxy) is 1. The molecule has 2 aliphatic heterocycles. The third-order valence-electron chi connectivity index (χ3n) is 3.44. The molecule has 2 saturated heterocycles. The van der Waals surface area contributed by atoms with Gasteiger partial charge in [-0.15, -0.1) is 0 Å². The Morgan fingerprint density at radius 1 is 1.41 bits per heavy atom. The van der Waals surface area contributed by atoms with E-state index in [1.165, 1.54) is 12.1 Å². The van der Waals surface area contributed by atoms with E-state index in [1.807, 2.05) is 12.1 Å². The highest BCUT2D eigenvalue weighted by molar-refractivity contribution is 5.68. The van der Waals surface area contributed by atoms with Crippen molar-refractivity contribution >= 4 is 11.8 Å². The lowest BCUT2D eigenvalue weighted by Gasteiger charge is -2.29. The second-order valence-corrected chi connectivity index (χ2v) is 4.56. The molecule has 3 rings (SSSR count). The first-order valence-electron chi connectivity index (χ1n) is 5.80. The number of hydrogen-bond acceptors (Lipinski definition) is 4. The Hall–Kier alpha value is -1.75. The van der Waals surface area contributed by atoms with Crippen molar-refractivity contribution in [2.75, 3.05) is 18.0 Å². The molecular formula is C12H15N3O2. The smallest absolute Gasteiger partial charge is 0.409 e. The van der Waals surface area contributed by atoms with E-state index in [1.54, 1.807) is 12.1 Å². The van der Waals surface area contributed by atoms with E-state index in [0.29, 0.717) is 17.8 Å². The molecular weight excluding hydrogens is 218 g/mol. The van der Waals surface area contributed by atoms with Crippen LogP contribution < -0.4 is 20.7 Å². The number of carbonyl (C=O) groups is 1. The lowest BCUT2D eigenvalue weighted by molar-refractivity contribution is 0.211. The molecule has 5 nitrogen and oxygen atoms in total. The van der Waals surface area contributed by atoms with Crippen LogP contribution in [0.2, 0.25) is 0 Å². The highest BCUT2D eigenvalue weighted by Gasteiger charge is 2.37. The fraction of sp³-hybridized carbons (Fsp3) is 0.417. The van der Waals surface area contributed by atoms with Crippen molar-refractivity contribution in [3.8, 4) is 5.75 Å². The molecule has 0 unspecified atom stereocenters. The lowest BCUT2D eigenvalue weighted by Crippen LogP contribution is -2.43. The van der Waals surface area contributed by atoms with Gasteiger partial charge in [-0.05, 0) is 30.7 Å².